The summed E-state index contributed by atoms with van der Waals surface area (Å²) in [6.07, 6.45) is 5.83. The average molecular weight is 371 g/mol. The third-order valence-electron chi connectivity index (χ3n) is 5.00. The average Bonchev–Trinajstić information content (AvgIpc) is 3.24. The topological polar surface area (TPSA) is 143 Å². The molecule has 0 bridgehead atoms. The van der Waals surface area contributed by atoms with E-state index in [1.807, 2.05) is 6.07 Å². The van der Waals surface area contributed by atoms with E-state index in [1.54, 1.807) is 17.1 Å². The number of rotatable bonds is 3. The highest BCUT2D eigenvalue weighted by atomic mass is 32.2. The van der Waals surface area contributed by atoms with Gasteiger partial charge in [-0.1, -0.05) is 0 Å². The Kier molecular flexibility index (Phi) is 3.69. The van der Waals surface area contributed by atoms with Gasteiger partial charge in [-0.15, -0.1) is 0 Å². The number of sulfone groups is 1. The maximum atomic E-state index is 11.8. The molecule has 3 aromatic rings. The first-order valence-electron chi connectivity index (χ1n) is 8.16. The Bertz CT molecular complexity index is 1110. The molecule has 26 heavy (non-hydrogen) atoms. The van der Waals surface area contributed by atoms with E-state index in [1.165, 1.54) is 6.33 Å². The van der Waals surface area contributed by atoms with E-state index < -0.39 is 15.4 Å². The van der Waals surface area contributed by atoms with E-state index in [9.17, 15) is 13.7 Å². The molecule has 0 radical (unpaired) electrons. The Morgan fingerprint density at radius 1 is 1.35 bits per heavy atom. The lowest BCUT2D eigenvalue weighted by molar-refractivity contribution is 0.235. The summed E-state index contributed by atoms with van der Waals surface area (Å²) in [5, 5.41) is 14.5. The van der Waals surface area contributed by atoms with Crippen LogP contribution in [0.5, 0.6) is 0 Å². The monoisotopic (exact) mass is 371 g/mol. The van der Waals surface area contributed by atoms with E-state index in [2.05, 4.69) is 26.1 Å². The van der Waals surface area contributed by atoms with Crippen LogP contribution in [0.4, 0.5) is 5.82 Å². The number of H-pyrrole nitrogens is 1. The Labute approximate surface area is 149 Å². The molecule has 1 aliphatic heterocycles. The smallest absolute Gasteiger partial charge is 0.154 e. The van der Waals surface area contributed by atoms with Gasteiger partial charge in [-0.2, -0.15) is 10.4 Å². The van der Waals surface area contributed by atoms with Crippen LogP contribution < -0.4 is 5.73 Å². The summed E-state index contributed by atoms with van der Waals surface area (Å²) in [7, 11) is -3.06. The Morgan fingerprint density at radius 2 is 2.12 bits per heavy atom. The molecule has 3 aromatic heterocycles. The van der Waals surface area contributed by atoms with Crippen LogP contribution >= 0.6 is 0 Å². The predicted molar refractivity (Wildman–Crippen MR) is 95.6 cm³/mol. The zero-order valence-electron chi connectivity index (χ0n) is 13.9. The summed E-state index contributed by atoms with van der Waals surface area (Å²) in [5.41, 5.74) is 7.46. The number of nitrogens with zero attached hydrogens (tertiary/aromatic N) is 5. The fourth-order valence-corrected chi connectivity index (χ4v) is 5.04. The number of hydrogen-bond acceptors (Lipinski definition) is 7. The molecular formula is C16H17N7O2S. The van der Waals surface area contributed by atoms with Gasteiger partial charge in [-0.25, -0.2) is 18.4 Å². The fourth-order valence-electron chi connectivity index (χ4n) is 3.45. The maximum absolute atomic E-state index is 11.8. The Hall–Kier alpha value is -2.93. The molecule has 0 atom stereocenters. The van der Waals surface area contributed by atoms with Crippen molar-refractivity contribution in [2.75, 3.05) is 17.2 Å². The highest BCUT2D eigenvalue weighted by Gasteiger charge is 2.40. The van der Waals surface area contributed by atoms with Crippen molar-refractivity contribution in [3.8, 4) is 17.3 Å². The van der Waals surface area contributed by atoms with E-state index in [0.717, 1.165) is 5.39 Å². The number of hydrogen-bond donors (Lipinski definition) is 2. The summed E-state index contributed by atoms with van der Waals surface area (Å²) in [6.45, 7) is 0. The number of nitriles is 1. The first-order chi connectivity index (χ1) is 12.4. The molecule has 0 saturated carbocycles. The number of anilines is 1. The van der Waals surface area contributed by atoms with Crippen LogP contribution in [0, 0.1) is 11.3 Å². The number of nitrogens with two attached hydrogens (primary N) is 1. The van der Waals surface area contributed by atoms with Gasteiger partial charge in [0.2, 0.25) is 0 Å². The molecule has 1 fully saturated rings. The summed E-state index contributed by atoms with van der Waals surface area (Å²) in [4.78, 5) is 11.5. The second-order valence-electron chi connectivity index (χ2n) is 6.55. The zero-order chi connectivity index (χ0) is 18.4. The number of fused-ring (bicyclic) bond motifs is 1. The number of aromatic nitrogens is 5. The minimum Gasteiger partial charge on any atom is -0.382 e. The molecule has 0 amide bonds. The Balaban J connectivity index is 1.81. The lowest BCUT2D eigenvalue weighted by Gasteiger charge is -2.35. The van der Waals surface area contributed by atoms with Gasteiger partial charge in [0.1, 0.15) is 12.0 Å². The molecule has 3 N–H and O–H groups in total. The minimum absolute atomic E-state index is 0.0410. The predicted octanol–water partition coefficient (Wildman–Crippen LogP) is 1.22. The Morgan fingerprint density at radius 3 is 2.85 bits per heavy atom. The lowest BCUT2D eigenvalue weighted by atomic mass is 9.89. The number of aromatic amines is 1. The first-order valence-corrected chi connectivity index (χ1v) is 9.98. The number of nitrogens with one attached hydrogen (secondary N) is 1. The van der Waals surface area contributed by atoms with Crippen LogP contribution in [0.2, 0.25) is 0 Å². The third-order valence-corrected chi connectivity index (χ3v) is 6.66. The van der Waals surface area contributed by atoms with Gasteiger partial charge in [-0.3, -0.25) is 4.68 Å². The molecule has 1 saturated heterocycles. The summed E-state index contributed by atoms with van der Waals surface area (Å²) >= 11 is 0. The second kappa shape index (κ2) is 5.81. The third kappa shape index (κ3) is 2.61. The minimum atomic E-state index is -3.06. The quantitative estimate of drug-likeness (QED) is 0.704. The molecular weight excluding hydrogens is 354 g/mol. The van der Waals surface area contributed by atoms with Crippen molar-refractivity contribution in [2.45, 2.75) is 24.8 Å². The normalized spacial score (nSPS) is 18.6. The largest absolute Gasteiger partial charge is 0.382 e. The molecule has 4 heterocycles. The van der Waals surface area contributed by atoms with Crippen molar-refractivity contribution >= 4 is 26.7 Å². The van der Waals surface area contributed by atoms with Crippen LogP contribution in [-0.2, 0) is 15.4 Å². The first kappa shape index (κ1) is 16.5. The zero-order valence-corrected chi connectivity index (χ0v) is 14.7. The molecule has 0 unspecified atom stereocenters. The van der Waals surface area contributed by atoms with Gasteiger partial charge in [0.15, 0.2) is 15.7 Å². The van der Waals surface area contributed by atoms with Crippen LogP contribution in [0.3, 0.4) is 0 Å². The molecule has 0 aliphatic carbocycles. The van der Waals surface area contributed by atoms with Gasteiger partial charge in [-0.05, 0) is 18.9 Å². The highest BCUT2D eigenvalue weighted by Crippen LogP contribution is 2.37. The fraction of sp³-hybridized carbons (Fsp3) is 0.375. The van der Waals surface area contributed by atoms with E-state index in [-0.39, 0.29) is 23.7 Å². The highest BCUT2D eigenvalue weighted by molar-refractivity contribution is 7.91. The van der Waals surface area contributed by atoms with Crippen molar-refractivity contribution in [2.24, 2.45) is 0 Å². The molecule has 9 nitrogen and oxygen atoms in total. The molecule has 1 aliphatic rings. The number of nitrogen functional groups attached to an aromatic ring is 1. The van der Waals surface area contributed by atoms with Gasteiger partial charge in [0, 0.05) is 17.8 Å². The van der Waals surface area contributed by atoms with Crippen LogP contribution in [-0.4, -0.2) is 44.7 Å². The van der Waals surface area contributed by atoms with E-state index in [4.69, 9.17) is 5.73 Å². The maximum Gasteiger partial charge on any atom is 0.154 e. The SMILES string of the molecule is N#CCC1(n2cc(-c3ncnc4[nH]ccc34)c(N)n2)CCS(=O)(=O)CC1. The van der Waals surface area contributed by atoms with Gasteiger partial charge < -0.3 is 10.7 Å². The second-order valence-corrected chi connectivity index (χ2v) is 8.85. The van der Waals surface area contributed by atoms with Crippen molar-refractivity contribution in [3.63, 3.8) is 0 Å². The van der Waals surface area contributed by atoms with E-state index in [0.29, 0.717) is 29.7 Å². The molecule has 0 spiro atoms. The van der Waals surface area contributed by atoms with Gasteiger partial charge >= 0.3 is 0 Å². The summed E-state index contributed by atoms with van der Waals surface area (Å²) in [5.74, 6) is 0.371. The van der Waals surface area contributed by atoms with Gasteiger partial charge in [0.05, 0.1) is 40.8 Å². The summed E-state index contributed by atoms with van der Waals surface area (Å²) in [6, 6.07) is 4.03. The van der Waals surface area contributed by atoms with Crippen LogP contribution in [0.25, 0.3) is 22.3 Å². The molecule has 4 rings (SSSR count). The van der Waals surface area contributed by atoms with Crippen LogP contribution in [0.1, 0.15) is 19.3 Å². The molecule has 10 heteroatoms. The van der Waals surface area contributed by atoms with Crippen molar-refractivity contribution in [3.05, 3.63) is 24.8 Å². The van der Waals surface area contributed by atoms with E-state index >= 15 is 0 Å². The van der Waals surface area contributed by atoms with Crippen molar-refractivity contribution in [1.82, 2.24) is 24.7 Å². The van der Waals surface area contributed by atoms with Crippen molar-refractivity contribution in [1.29, 1.82) is 5.26 Å². The standard InChI is InChI=1S/C16H17N7O2S/c17-5-2-16(3-7-26(24,25)8-4-16)23-9-12(14(18)22-23)13-11-1-6-19-15(11)21-10-20-13/h1,6,9-10H,2-4,7-8H2,(H2,18,22)(H,19,20,21). The lowest BCUT2D eigenvalue weighted by Crippen LogP contribution is -2.42. The molecule has 0 aromatic carbocycles. The van der Waals surface area contributed by atoms with Gasteiger partial charge in [0.25, 0.3) is 0 Å². The van der Waals surface area contributed by atoms with Crippen LogP contribution in [0.15, 0.2) is 24.8 Å². The van der Waals surface area contributed by atoms with Crippen molar-refractivity contribution < 1.29 is 8.42 Å². The molecule has 134 valence electrons. The summed E-state index contributed by atoms with van der Waals surface area (Å²) < 4.78 is 25.3.